The molecule has 1 heterocycles. The highest BCUT2D eigenvalue weighted by molar-refractivity contribution is 5.91. The molecule has 1 aliphatic rings. The summed E-state index contributed by atoms with van der Waals surface area (Å²) in [5.74, 6) is -0.0980. The van der Waals surface area contributed by atoms with Crippen molar-refractivity contribution in [3.8, 4) is 0 Å². The van der Waals surface area contributed by atoms with Crippen molar-refractivity contribution in [3.63, 3.8) is 0 Å². The molecule has 150 valence electrons. The highest BCUT2D eigenvalue weighted by Gasteiger charge is 2.20. The summed E-state index contributed by atoms with van der Waals surface area (Å²) in [5, 5.41) is 5.90. The summed E-state index contributed by atoms with van der Waals surface area (Å²) in [6.45, 7) is 11.4. The van der Waals surface area contributed by atoms with Gasteiger partial charge in [-0.25, -0.2) is 0 Å². The molecule has 0 radical (unpaired) electrons. The number of quaternary nitrogens is 1. The molecule has 3 N–H and O–H groups in total. The summed E-state index contributed by atoms with van der Waals surface area (Å²) in [6, 6.07) is 8.06. The van der Waals surface area contributed by atoms with Gasteiger partial charge in [0.15, 0.2) is 13.1 Å². The van der Waals surface area contributed by atoms with E-state index in [-0.39, 0.29) is 23.9 Å². The third kappa shape index (κ3) is 7.59. The molecule has 0 spiro atoms. The van der Waals surface area contributed by atoms with E-state index in [0.29, 0.717) is 6.54 Å². The van der Waals surface area contributed by atoms with E-state index in [1.54, 1.807) is 0 Å². The van der Waals surface area contributed by atoms with Crippen molar-refractivity contribution in [3.05, 3.63) is 24.3 Å². The van der Waals surface area contributed by atoms with Crippen LogP contribution in [0.2, 0.25) is 0 Å². The Bertz CT molecular complexity index is 616. The molecule has 1 aromatic rings. The number of carbonyl (C=O) groups is 2. The van der Waals surface area contributed by atoms with E-state index < -0.39 is 0 Å². The van der Waals surface area contributed by atoms with Crippen LogP contribution >= 0.6 is 0 Å². The number of hydrogen-bond donors (Lipinski definition) is 3. The number of piperidine rings is 1. The molecule has 0 bridgehead atoms. The first kappa shape index (κ1) is 21.2. The largest absolute Gasteiger partial charge is 0.372 e. The number of benzene rings is 1. The summed E-state index contributed by atoms with van der Waals surface area (Å²) in [7, 11) is 0. The Labute approximate surface area is 163 Å². The quantitative estimate of drug-likeness (QED) is 0.676. The smallest absolute Gasteiger partial charge is 0.279 e. The molecule has 2 rings (SSSR count). The molecule has 1 unspecified atom stereocenters. The molecule has 2 amide bonds. The van der Waals surface area contributed by atoms with Crippen LogP contribution in [0.4, 0.5) is 11.4 Å². The topological polar surface area (TPSA) is 65.9 Å². The van der Waals surface area contributed by atoms with Gasteiger partial charge in [0, 0.05) is 30.0 Å². The monoisotopic (exact) mass is 375 g/mol. The van der Waals surface area contributed by atoms with E-state index in [0.717, 1.165) is 30.2 Å². The molecule has 0 aromatic heterocycles. The second-order valence-corrected chi connectivity index (χ2v) is 8.40. The van der Waals surface area contributed by atoms with Crippen LogP contribution in [0.25, 0.3) is 0 Å². The molecule has 6 heteroatoms. The lowest BCUT2D eigenvalue weighted by atomic mass is 10.1. The third-order valence-electron chi connectivity index (χ3n) is 4.71. The van der Waals surface area contributed by atoms with Crippen LogP contribution in [0.3, 0.4) is 0 Å². The fraction of sp³-hybridized carbons (Fsp3) is 0.619. The standard InChI is InChI=1S/C21H34N4O2/c1-5-24(16-20(27)23-21(2,3)4)15-19(26)22-17-9-11-18(12-10-17)25-13-7-6-8-14-25/h9-12H,5-8,13-16H2,1-4H3,(H,22,26)(H,23,27)/p+1. The first-order chi connectivity index (χ1) is 12.8. The maximum absolute atomic E-state index is 12.4. The minimum absolute atomic E-state index is 0.0296. The van der Waals surface area contributed by atoms with Crippen LogP contribution in [0, 0.1) is 0 Å². The Balaban J connectivity index is 1.83. The van der Waals surface area contributed by atoms with Gasteiger partial charge in [-0.3, -0.25) is 9.59 Å². The second kappa shape index (κ2) is 9.74. The lowest BCUT2D eigenvalue weighted by molar-refractivity contribution is -0.881. The maximum atomic E-state index is 12.4. The van der Waals surface area contributed by atoms with Crippen molar-refractivity contribution in [1.82, 2.24) is 5.32 Å². The lowest BCUT2D eigenvalue weighted by Crippen LogP contribution is -3.14. The number of likely N-dealkylation sites (N-methyl/N-ethyl adjacent to an activating group) is 1. The Morgan fingerprint density at radius 3 is 2.15 bits per heavy atom. The molecule has 27 heavy (non-hydrogen) atoms. The highest BCUT2D eigenvalue weighted by Crippen LogP contribution is 2.21. The summed E-state index contributed by atoms with van der Waals surface area (Å²) < 4.78 is 0. The predicted octanol–water partition coefficient (Wildman–Crippen LogP) is 1.43. The van der Waals surface area contributed by atoms with Gasteiger partial charge in [-0.05, 0) is 71.2 Å². The van der Waals surface area contributed by atoms with Gasteiger partial charge in [0.25, 0.3) is 11.8 Å². The van der Waals surface area contributed by atoms with E-state index in [9.17, 15) is 9.59 Å². The van der Waals surface area contributed by atoms with Crippen LogP contribution in [-0.4, -0.2) is 50.1 Å². The number of amides is 2. The van der Waals surface area contributed by atoms with Gasteiger partial charge in [0.05, 0.1) is 6.54 Å². The molecule has 1 aromatic carbocycles. The van der Waals surface area contributed by atoms with E-state index in [4.69, 9.17) is 0 Å². The minimum Gasteiger partial charge on any atom is -0.372 e. The summed E-state index contributed by atoms with van der Waals surface area (Å²) >= 11 is 0. The number of nitrogens with zero attached hydrogens (tertiary/aromatic N) is 1. The Kier molecular flexibility index (Phi) is 7.66. The highest BCUT2D eigenvalue weighted by atomic mass is 16.2. The van der Waals surface area contributed by atoms with Crippen LogP contribution in [0.5, 0.6) is 0 Å². The fourth-order valence-corrected chi connectivity index (χ4v) is 3.34. The lowest BCUT2D eigenvalue weighted by Gasteiger charge is -2.28. The molecule has 1 fully saturated rings. The minimum atomic E-state index is -0.256. The van der Waals surface area contributed by atoms with Crippen LogP contribution in [0.1, 0.15) is 47.0 Å². The Morgan fingerprint density at radius 2 is 1.59 bits per heavy atom. The number of hydrogen-bond acceptors (Lipinski definition) is 3. The van der Waals surface area contributed by atoms with Crippen molar-refractivity contribution in [2.45, 2.75) is 52.5 Å². The molecule has 1 aliphatic heterocycles. The van der Waals surface area contributed by atoms with Gasteiger partial charge in [-0.2, -0.15) is 0 Å². The van der Waals surface area contributed by atoms with Gasteiger partial charge in [-0.1, -0.05) is 0 Å². The van der Waals surface area contributed by atoms with Gasteiger partial charge < -0.3 is 20.4 Å². The Morgan fingerprint density at radius 1 is 1.00 bits per heavy atom. The normalized spacial score (nSPS) is 15.9. The molecule has 0 aliphatic carbocycles. The fourth-order valence-electron chi connectivity index (χ4n) is 3.34. The van der Waals surface area contributed by atoms with E-state index in [1.165, 1.54) is 24.9 Å². The molecule has 1 saturated heterocycles. The average molecular weight is 376 g/mol. The number of anilines is 2. The van der Waals surface area contributed by atoms with E-state index in [1.807, 2.05) is 39.8 Å². The molecule has 1 atom stereocenters. The van der Waals surface area contributed by atoms with Gasteiger partial charge in [0.2, 0.25) is 0 Å². The summed E-state index contributed by atoms with van der Waals surface area (Å²) in [4.78, 5) is 27.8. The SMILES string of the molecule is CC[NH+](CC(=O)Nc1ccc(N2CCCCC2)cc1)CC(=O)NC(C)(C)C. The van der Waals surface area contributed by atoms with Crippen molar-refractivity contribution in [1.29, 1.82) is 0 Å². The van der Waals surface area contributed by atoms with Crippen molar-refractivity contribution < 1.29 is 14.5 Å². The van der Waals surface area contributed by atoms with Gasteiger partial charge >= 0.3 is 0 Å². The molecule has 0 saturated carbocycles. The number of carbonyl (C=O) groups excluding carboxylic acids is 2. The Hall–Kier alpha value is -2.08. The van der Waals surface area contributed by atoms with Crippen LogP contribution < -0.4 is 20.4 Å². The first-order valence-electron chi connectivity index (χ1n) is 10.1. The summed E-state index contributed by atoms with van der Waals surface area (Å²) in [6.07, 6.45) is 3.81. The zero-order valence-corrected chi connectivity index (χ0v) is 17.2. The van der Waals surface area contributed by atoms with Crippen LogP contribution in [0.15, 0.2) is 24.3 Å². The van der Waals surface area contributed by atoms with E-state index >= 15 is 0 Å². The first-order valence-corrected chi connectivity index (χ1v) is 10.1. The van der Waals surface area contributed by atoms with E-state index in [2.05, 4.69) is 27.7 Å². The predicted molar refractivity (Wildman–Crippen MR) is 110 cm³/mol. The van der Waals surface area contributed by atoms with Gasteiger partial charge in [-0.15, -0.1) is 0 Å². The molecular weight excluding hydrogens is 340 g/mol. The van der Waals surface area contributed by atoms with Crippen molar-refractivity contribution in [2.75, 3.05) is 42.9 Å². The third-order valence-corrected chi connectivity index (χ3v) is 4.71. The molecular formula is C21H35N4O2+. The maximum Gasteiger partial charge on any atom is 0.279 e. The summed E-state index contributed by atoms with van der Waals surface area (Å²) in [5.41, 5.74) is 1.76. The number of rotatable bonds is 7. The average Bonchev–Trinajstić information content (AvgIpc) is 2.61. The van der Waals surface area contributed by atoms with Crippen molar-refractivity contribution >= 4 is 23.2 Å². The zero-order valence-electron chi connectivity index (χ0n) is 17.2. The zero-order chi connectivity index (χ0) is 19.9. The van der Waals surface area contributed by atoms with Crippen molar-refractivity contribution in [2.24, 2.45) is 0 Å². The van der Waals surface area contributed by atoms with Crippen LogP contribution in [-0.2, 0) is 9.59 Å². The second-order valence-electron chi connectivity index (χ2n) is 8.40. The van der Waals surface area contributed by atoms with Gasteiger partial charge in [0.1, 0.15) is 0 Å². The number of nitrogens with one attached hydrogen (secondary N) is 3. The molecule has 6 nitrogen and oxygen atoms in total.